The Hall–Kier alpha value is -3.45. The molecule has 1 saturated heterocycles. The van der Waals surface area contributed by atoms with Crippen LogP contribution in [0.3, 0.4) is 0 Å². The van der Waals surface area contributed by atoms with E-state index in [-0.39, 0.29) is 23.7 Å². The van der Waals surface area contributed by atoms with Crippen molar-refractivity contribution in [1.29, 1.82) is 0 Å². The minimum Gasteiger partial charge on any atom is -0.353 e. The molecule has 0 spiro atoms. The van der Waals surface area contributed by atoms with Gasteiger partial charge in [-0.25, -0.2) is 9.07 Å². The zero-order valence-electron chi connectivity index (χ0n) is 19.6. The normalized spacial score (nSPS) is 14.4. The molecule has 0 aliphatic carbocycles. The highest BCUT2D eigenvalue weighted by molar-refractivity contribution is 6.31. The van der Waals surface area contributed by atoms with Crippen molar-refractivity contribution in [3.05, 3.63) is 88.5 Å². The Labute approximate surface area is 209 Å². The summed E-state index contributed by atoms with van der Waals surface area (Å²) in [7, 11) is 0. The molecule has 2 amide bonds. The molecule has 6 nitrogen and oxygen atoms in total. The number of piperidine rings is 1. The van der Waals surface area contributed by atoms with Crippen LogP contribution in [-0.4, -0.2) is 45.6 Å². The van der Waals surface area contributed by atoms with Crippen LogP contribution >= 0.6 is 11.6 Å². The second-order valence-electron chi connectivity index (χ2n) is 8.66. The molecular formula is C27H28ClFN4O2. The third-order valence-electron chi connectivity index (χ3n) is 6.17. The molecule has 1 aliphatic rings. The van der Waals surface area contributed by atoms with Crippen LogP contribution in [0.1, 0.15) is 36.1 Å². The summed E-state index contributed by atoms with van der Waals surface area (Å²) in [5, 5.41) is 7.87. The third-order valence-corrected chi connectivity index (χ3v) is 6.53. The van der Waals surface area contributed by atoms with Gasteiger partial charge in [0.25, 0.3) is 0 Å². The first-order valence-corrected chi connectivity index (χ1v) is 12.1. The van der Waals surface area contributed by atoms with E-state index >= 15 is 0 Å². The number of amides is 2. The fourth-order valence-electron chi connectivity index (χ4n) is 4.16. The molecule has 1 aromatic heterocycles. The highest BCUT2D eigenvalue weighted by atomic mass is 35.5. The van der Waals surface area contributed by atoms with Crippen molar-refractivity contribution in [2.24, 2.45) is 0 Å². The van der Waals surface area contributed by atoms with Gasteiger partial charge in [-0.2, -0.15) is 5.10 Å². The zero-order valence-corrected chi connectivity index (χ0v) is 20.3. The van der Waals surface area contributed by atoms with Crippen molar-refractivity contribution in [3.8, 4) is 5.69 Å². The highest BCUT2D eigenvalue weighted by Gasteiger charge is 2.23. The molecule has 0 bridgehead atoms. The van der Waals surface area contributed by atoms with Crippen molar-refractivity contribution in [2.45, 2.75) is 38.6 Å². The van der Waals surface area contributed by atoms with Gasteiger partial charge in [-0.1, -0.05) is 41.9 Å². The fourth-order valence-corrected chi connectivity index (χ4v) is 4.50. The molecule has 2 aromatic carbocycles. The lowest BCUT2D eigenvalue weighted by Crippen LogP contribution is -2.46. The van der Waals surface area contributed by atoms with Gasteiger partial charge in [-0.3, -0.25) is 9.59 Å². The molecule has 8 heteroatoms. The van der Waals surface area contributed by atoms with Gasteiger partial charge in [-0.15, -0.1) is 0 Å². The van der Waals surface area contributed by atoms with Crippen LogP contribution in [0, 0.1) is 12.7 Å². The molecule has 1 aliphatic heterocycles. The number of likely N-dealkylation sites (tertiary alicyclic amines) is 1. The monoisotopic (exact) mass is 494 g/mol. The molecule has 0 unspecified atom stereocenters. The number of carbonyl (C=O) groups is 2. The van der Waals surface area contributed by atoms with E-state index in [1.54, 1.807) is 23.1 Å². The van der Waals surface area contributed by atoms with Crippen molar-refractivity contribution in [1.82, 2.24) is 20.0 Å². The van der Waals surface area contributed by atoms with Crippen molar-refractivity contribution < 1.29 is 14.0 Å². The predicted molar refractivity (Wildman–Crippen MR) is 135 cm³/mol. The maximum atomic E-state index is 13.2. The molecule has 0 atom stereocenters. The Morgan fingerprint density at radius 2 is 1.80 bits per heavy atom. The first kappa shape index (κ1) is 24.7. The molecular weight excluding hydrogens is 467 g/mol. The summed E-state index contributed by atoms with van der Waals surface area (Å²) in [6.45, 7) is 2.96. The lowest BCUT2D eigenvalue weighted by Gasteiger charge is -2.31. The number of aromatic nitrogens is 2. The summed E-state index contributed by atoms with van der Waals surface area (Å²) < 4.78 is 14.7. The Kier molecular flexibility index (Phi) is 7.98. The van der Waals surface area contributed by atoms with E-state index in [1.807, 2.05) is 37.3 Å². The number of aryl methyl sites for hydroxylation is 2. The van der Waals surface area contributed by atoms with Crippen LogP contribution in [0.25, 0.3) is 11.8 Å². The van der Waals surface area contributed by atoms with Crippen LogP contribution in [0.5, 0.6) is 0 Å². The maximum Gasteiger partial charge on any atom is 0.246 e. The van der Waals surface area contributed by atoms with E-state index < -0.39 is 0 Å². The minimum absolute atomic E-state index is 0.0433. The molecule has 182 valence electrons. The number of nitrogens with one attached hydrogen (secondary N) is 1. The van der Waals surface area contributed by atoms with E-state index in [0.717, 1.165) is 18.4 Å². The smallest absolute Gasteiger partial charge is 0.246 e. The second kappa shape index (κ2) is 11.3. The van der Waals surface area contributed by atoms with Gasteiger partial charge in [0, 0.05) is 37.2 Å². The third kappa shape index (κ3) is 6.36. The summed E-state index contributed by atoms with van der Waals surface area (Å²) in [4.78, 5) is 26.8. The van der Waals surface area contributed by atoms with Crippen molar-refractivity contribution in [2.75, 3.05) is 13.1 Å². The number of halogens is 2. The van der Waals surface area contributed by atoms with Crippen LogP contribution in [-0.2, 0) is 16.0 Å². The average molecular weight is 495 g/mol. The van der Waals surface area contributed by atoms with Gasteiger partial charge >= 0.3 is 0 Å². The maximum absolute atomic E-state index is 13.2. The molecule has 4 rings (SSSR count). The number of hydrogen-bond acceptors (Lipinski definition) is 3. The van der Waals surface area contributed by atoms with Gasteiger partial charge in [0.05, 0.1) is 11.4 Å². The Balaban J connectivity index is 1.28. The quantitative estimate of drug-likeness (QED) is 0.483. The number of rotatable bonds is 7. The molecule has 0 saturated carbocycles. The van der Waals surface area contributed by atoms with Gasteiger partial charge in [0.2, 0.25) is 11.8 Å². The second-order valence-corrected chi connectivity index (χ2v) is 9.02. The van der Waals surface area contributed by atoms with Crippen molar-refractivity contribution >= 4 is 29.5 Å². The SMILES string of the molecule is Cc1nn(-c2ccc(F)cc2)c(Cl)c1C=CC(=O)N1CCC(NC(=O)CCc2ccccc2)CC1. The standard InChI is InChI=1S/C27H28ClFN4O2/c1-19-24(27(28)33(31-19)23-10-8-21(29)9-11-23)12-14-26(35)32-17-15-22(16-18-32)30-25(34)13-7-20-5-3-2-4-6-20/h2-6,8-12,14,22H,7,13,15-18H2,1H3,(H,30,34). The van der Waals surface area contributed by atoms with E-state index in [4.69, 9.17) is 11.6 Å². The van der Waals surface area contributed by atoms with Crippen LogP contribution < -0.4 is 5.32 Å². The molecule has 2 heterocycles. The first-order valence-electron chi connectivity index (χ1n) is 11.7. The molecule has 35 heavy (non-hydrogen) atoms. The van der Waals surface area contributed by atoms with E-state index in [1.165, 1.54) is 22.9 Å². The Bertz CT molecular complexity index is 1200. The average Bonchev–Trinajstić information content (AvgIpc) is 3.15. The number of carbonyl (C=O) groups excluding carboxylic acids is 2. The van der Waals surface area contributed by atoms with E-state index in [2.05, 4.69) is 10.4 Å². The highest BCUT2D eigenvalue weighted by Crippen LogP contribution is 2.25. The van der Waals surface area contributed by atoms with Gasteiger partial charge < -0.3 is 10.2 Å². The lowest BCUT2D eigenvalue weighted by molar-refractivity contribution is -0.127. The summed E-state index contributed by atoms with van der Waals surface area (Å²) in [5.41, 5.74) is 3.09. The van der Waals surface area contributed by atoms with E-state index in [9.17, 15) is 14.0 Å². The molecule has 0 radical (unpaired) electrons. The molecule has 1 fully saturated rings. The van der Waals surface area contributed by atoms with E-state index in [0.29, 0.717) is 48.0 Å². The van der Waals surface area contributed by atoms with Crippen molar-refractivity contribution in [3.63, 3.8) is 0 Å². The summed E-state index contributed by atoms with van der Waals surface area (Å²) in [6.07, 6.45) is 5.79. The largest absolute Gasteiger partial charge is 0.353 e. The Morgan fingerprint density at radius 1 is 1.11 bits per heavy atom. The van der Waals surface area contributed by atoms with Crippen LogP contribution in [0.4, 0.5) is 4.39 Å². The number of hydrogen-bond donors (Lipinski definition) is 1. The fraction of sp³-hybridized carbons (Fsp3) is 0.296. The summed E-state index contributed by atoms with van der Waals surface area (Å²) in [5.74, 6) is -0.402. The van der Waals surface area contributed by atoms with Gasteiger partial charge in [-0.05, 0) is 62.1 Å². The first-order chi connectivity index (χ1) is 16.9. The summed E-state index contributed by atoms with van der Waals surface area (Å²) in [6, 6.07) is 15.9. The molecule has 1 N–H and O–H groups in total. The topological polar surface area (TPSA) is 67.2 Å². The predicted octanol–water partition coefficient (Wildman–Crippen LogP) is 4.73. The number of nitrogens with zero attached hydrogens (tertiary/aromatic N) is 3. The van der Waals surface area contributed by atoms with Crippen LogP contribution in [0.2, 0.25) is 5.15 Å². The number of benzene rings is 2. The minimum atomic E-state index is -0.338. The van der Waals surface area contributed by atoms with Crippen LogP contribution in [0.15, 0.2) is 60.7 Å². The van der Waals surface area contributed by atoms with Gasteiger partial charge in [0.15, 0.2) is 0 Å². The Morgan fingerprint density at radius 3 is 2.49 bits per heavy atom. The van der Waals surface area contributed by atoms with Gasteiger partial charge in [0.1, 0.15) is 11.0 Å². The molecule has 3 aromatic rings. The zero-order chi connectivity index (χ0) is 24.8. The lowest BCUT2D eigenvalue weighted by atomic mass is 10.0. The summed E-state index contributed by atoms with van der Waals surface area (Å²) >= 11 is 6.50.